The second kappa shape index (κ2) is 12.5. The number of ketones is 2. The number of rotatable bonds is 6. The zero-order valence-corrected chi connectivity index (χ0v) is 25.8. The molecule has 0 atom stereocenters. The van der Waals surface area contributed by atoms with Crippen molar-refractivity contribution in [2.75, 3.05) is 6.54 Å². The van der Waals surface area contributed by atoms with Crippen LogP contribution in [0.25, 0.3) is 11.1 Å². The zero-order valence-electron chi connectivity index (χ0n) is 21.8. The van der Waals surface area contributed by atoms with Gasteiger partial charge in [-0.3, -0.25) is 9.59 Å². The summed E-state index contributed by atoms with van der Waals surface area (Å²) in [6.45, 7) is 1.29. The third kappa shape index (κ3) is 5.64. The Hall–Kier alpha value is -3.59. The monoisotopic (exact) mass is 581 g/mol. The molecule has 0 heterocycles. The Labute approximate surface area is 274 Å². The first-order chi connectivity index (χ1) is 18.3. The molecule has 0 saturated carbocycles. The summed E-state index contributed by atoms with van der Waals surface area (Å²) in [5.74, 6) is -12.7. The number of phenolic OH excluding ortho intramolecular Hbond substituents is 3. The van der Waals surface area contributed by atoms with Gasteiger partial charge < -0.3 is 45.8 Å². The first-order valence-electron chi connectivity index (χ1n) is 11.0. The summed E-state index contributed by atoms with van der Waals surface area (Å²) in [4.78, 5) is 54.0. The van der Waals surface area contributed by atoms with E-state index in [9.17, 15) is 60.0 Å². The summed E-state index contributed by atoms with van der Waals surface area (Å²) in [6.07, 6.45) is 0.160. The Bertz CT molecular complexity index is 1680. The van der Waals surface area contributed by atoms with Crippen molar-refractivity contribution in [2.24, 2.45) is 4.99 Å². The number of hydrogen-bond donors (Lipinski definition) is 6. The number of fused-ring (bicyclic) bond motifs is 2. The van der Waals surface area contributed by atoms with Crippen molar-refractivity contribution in [3.63, 3.8) is 0 Å². The number of aliphatic imine (C=N–C) groups is 1. The van der Waals surface area contributed by atoms with Gasteiger partial charge in [0.05, 0.1) is 11.1 Å². The van der Waals surface area contributed by atoms with Crippen LogP contribution in [0.1, 0.15) is 65.0 Å². The molecule has 3 aromatic carbocycles. The van der Waals surface area contributed by atoms with Crippen LogP contribution in [0.3, 0.4) is 0 Å². The van der Waals surface area contributed by atoms with E-state index in [1.807, 2.05) is 0 Å². The van der Waals surface area contributed by atoms with Gasteiger partial charge in [-0.25, -0.2) is 9.59 Å². The summed E-state index contributed by atoms with van der Waals surface area (Å²) in [7, 11) is 0. The van der Waals surface area contributed by atoms with Gasteiger partial charge in [0, 0.05) is 34.4 Å². The predicted molar refractivity (Wildman–Crippen MR) is 127 cm³/mol. The van der Waals surface area contributed by atoms with Gasteiger partial charge in [0.15, 0.2) is 23.1 Å². The fourth-order valence-electron chi connectivity index (χ4n) is 4.44. The van der Waals surface area contributed by atoms with Gasteiger partial charge in [-0.1, -0.05) is 11.8 Å². The molecule has 4 rings (SSSR count). The molecule has 0 unspecified atom stereocenters. The summed E-state index contributed by atoms with van der Waals surface area (Å²) in [5, 5.41) is 85.7. The van der Waals surface area contributed by atoms with E-state index in [1.54, 1.807) is 0 Å². The van der Waals surface area contributed by atoms with Crippen molar-refractivity contribution >= 4 is 29.4 Å². The van der Waals surface area contributed by atoms with Crippen LogP contribution >= 0.6 is 0 Å². The van der Waals surface area contributed by atoms with Crippen LogP contribution in [-0.4, -0.2) is 66.6 Å². The SMILES string of the molecule is CC([O-])=NCCc1ccc(O)c(-c2c([O-])c3c(c(O)c2O)C(=O)c2cc(O)c(C(=O)O)c(C(=O)O)c2C3=O)c1.[Na+].[Na+]. The van der Waals surface area contributed by atoms with Crippen LogP contribution in [-0.2, 0) is 6.42 Å². The third-order valence-electron chi connectivity index (χ3n) is 6.13. The van der Waals surface area contributed by atoms with Crippen molar-refractivity contribution in [3.8, 4) is 39.9 Å². The van der Waals surface area contributed by atoms with Crippen molar-refractivity contribution < 1.29 is 119 Å². The maximum atomic E-state index is 13.6. The number of nitrogens with zero attached hydrogens (tertiary/aromatic N) is 1. The number of aromatic carboxylic acids is 2. The van der Waals surface area contributed by atoms with E-state index in [2.05, 4.69) is 4.99 Å². The van der Waals surface area contributed by atoms with Crippen LogP contribution in [0.5, 0.6) is 28.7 Å². The molecule has 0 saturated heterocycles. The van der Waals surface area contributed by atoms with E-state index in [-0.39, 0.29) is 77.6 Å². The Kier molecular flexibility index (Phi) is 10.3. The number of aromatic hydroxyl groups is 4. The Morgan fingerprint density at radius 1 is 0.780 bits per heavy atom. The topological polar surface area (TPSA) is 248 Å². The van der Waals surface area contributed by atoms with Crippen molar-refractivity contribution in [1.82, 2.24) is 0 Å². The summed E-state index contributed by atoms with van der Waals surface area (Å²) < 4.78 is 0. The van der Waals surface area contributed by atoms with Gasteiger partial charge in [-0.2, -0.15) is 0 Å². The average molecular weight is 581 g/mol. The minimum atomic E-state index is -2.00. The molecule has 0 fully saturated rings. The molecule has 41 heavy (non-hydrogen) atoms. The van der Waals surface area contributed by atoms with Gasteiger partial charge >= 0.3 is 71.1 Å². The van der Waals surface area contributed by atoms with Crippen molar-refractivity contribution in [2.45, 2.75) is 13.3 Å². The number of carbonyl (C=O) groups excluding carboxylic acids is 2. The minimum Gasteiger partial charge on any atom is -0.871 e. The van der Waals surface area contributed by atoms with Gasteiger partial charge in [-0.15, -0.1) is 0 Å². The number of carbonyl (C=O) groups is 4. The molecule has 0 bridgehead atoms. The van der Waals surface area contributed by atoms with Gasteiger partial charge in [0.1, 0.15) is 17.1 Å². The number of carboxylic acids is 2. The van der Waals surface area contributed by atoms with E-state index in [0.29, 0.717) is 11.6 Å². The molecule has 1 aliphatic carbocycles. The Morgan fingerprint density at radius 3 is 1.93 bits per heavy atom. The first-order valence-corrected chi connectivity index (χ1v) is 11.0. The van der Waals surface area contributed by atoms with Crippen LogP contribution in [0.2, 0.25) is 0 Å². The average Bonchev–Trinajstić information content (AvgIpc) is 2.85. The van der Waals surface area contributed by atoms with E-state index < -0.39 is 97.1 Å². The largest absolute Gasteiger partial charge is 1.00 e. The predicted octanol–water partition coefficient (Wildman–Crippen LogP) is -5.25. The molecule has 15 heteroatoms. The molecule has 0 amide bonds. The zero-order chi connectivity index (χ0) is 28.9. The van der Waals surface area contributed by atoms with E-state index in [1.165, 1.54) is 19.1 Å². The Morgan fingerprint density at radius 2 is 1.37 bits per heavy atom. The van der Waals surface area contributed by atoms with Crippen molar-refractivity contribution in [3.05, 3.63) is 63.2 Å². The fraction of sp³-hybridized carbons (Fsp3) is 0.115. The van der Waals surface area contributed by atoms with E-state index >= 15 is 0 Å². The normalized spacial score (nSPS) is 12.1. The summed E-state index contributed by atoms with van der Waals surface area (Å²) >= 11 is 0. The molecule has 13 nitrogen and oxygen atoms in total. The minimum absolute atomic E-state index is 0. The fourth-order valence-corrected chi connectivity index (χ4v) is 4.44. The molecule has 6 N–H and O–H groups in total. The molecular weight excluding hydrogens is 564 g/mol. The molecule has 0 spiro atoms. The number of hydrogen-bond acceptors (Lipinski definition) is 11. The summed E-state index contributed by atoms with van der Waals surface area (Å²) in [6, 6.07) is 4.31. The van der Waals surface area contributed by atoms with E-state index in [0.717, 1.165) is 6.07 Å². The molecule has 0 radical (unpaired) electrons. The number of carboxylic acid groups (broad SMARTS) is 2. The van der Waals surface area contributed by atoms with Gasteiger partial charge in [0.2, 0.25) is 0 Å². The van der Waals surface area contributed by atoms with Crippen LogP contribution in [0.15, 0.2) is 29.3 Å². The molecular formula is C26H17NNa2O12. The summed E-state index contributed by atoms with van der Waals surface area (Å²) in [5.41, 5.74) is -7.08. The smallest absolute Gasteiger partial charge is 0.871 e. The molecule has 200 valence electrons. The molecule has 0 aliphatic heterocycles. The Balaban J connectivity index is 0.00000294. The number of phenols is 4. The maximum Gasteiger partial charge on any atom is 1.00 e. The maximum absolute atomic E-state index is 13.6. The van der Waals surface area contributed by atoms with Gasteiger partial charge in [0.25, 0.3) is 0 Å². The van der Waals surface area contributed by atoms with Crippen LogP contribution in [0.4, 0.5) is 0 Å². The van der Waals surface area contributed by atoms with Crippen LogP contribution in [0, 0.1) is 0 Å². The first kappa shape index (κ1) is 33.6. The number of benzene rings is 3. The third-order valence-corrected chi connectivity index (χ3v) is 6.13. The molecule has 3 aromatic rings. The van der Waals surface area contributed by atoms with Crippen LogP contribution < -0.4 is 69.3 Å². The second-order valence-electron chi connectivity index (χ2n) is 8.49. The standard InChI is InChI=1S/C26H19NO12.2Na/c1-8(28)27-5-4-9-2-3-12(29)10(6-9)15-22(33)19-18(24(35)23(15)34)20(31)11-7-13(30)16(25(36)37)17(26(38)39)14(11)21(19)32;;/h2-3,6-7,29-30,33-35H,4-5H2,1H3,(H,27,28)(H,36,37)(H,38,39);;/q;2*+1/p-2. The molecule has 1 aliphatic rings. The van der Waals surface area contributed by atoms with Crippen molar-refractivity contribution in [1.29, 1.82) is 0 Å². The van der Waals surface area contributed by atoms with E-state index in [4.69, 9.17) is 0 Å². The van der Waals surface area contributed by atoms with Gasteiger partial charge in [-0.05, 0) is 43.0 Å². The second-order valence-corrected chi connectivity index (χ2v) is 8.49. The molecule has 0 aromatic heterocycles. The quantitative estimate of drug-likeness (QED) is 0.0541.